The number of aliphatic hydroxyl groups excluding tert-OH is 1. The van der Waals surface area contributed by atoms with E-state index in [1.165, 1.54) is 4.90 Å². The van der Waals surface area contributed by atoms with E-state index in [-0.39, 0.29) is 11.3 Å². The summed E-state index contributed by atoms with van der Waals surface area (Å²) in [7, 11) is 0. The largest absolute Gasteiger partial charge is 0.507 e. The number of H-pyrrole nitrogens is 1. The van der Waals surface area contributed by atoms with Crippen LogP contribution in [0.25, 0.3) is 16.7 Å². The highest BCUT2D eigenvalue weighted by atomic mass is 16.3. The molecule has 1 unspecified atom stereocenters. The zero-order valence-corrected chi connectivity index (χ0v) is 15.6. The fraction of sp³-hybridized carbons (Fsp3) is 0.227. The van der Waals surface area contributed by atoms with E-state index in [2.05, 4.69) is 9.97 Å². The lowest BCUT2D eigenvalue weighted by Gasteiger charge is -2.24. The van der Waals surface area contributed by atoms with Gasteiger partial charge in [0.05, 0.1) is 11.3 Å². The Morgan fingerprint density at radius 1 is 1.18 bits per heavy atom. The molecule has 4 rings (SSSR count). The quantitative estimate of drug-likeness (QED) is 0.404. The van der Waals surface area contributed by atoms with Crippen LogP contribution in [0.2, 0.25) is 0 Å². The lowest BCUT2D eigenvalue weighted by Crippen LogP contribution is -2.31. The van der Waals surface area contributed by atoms with Gasteiger partial charge in [0.25, 0.3) is 11.7 Å². The Labute approximate surface area is 162 Å². The lowest BCUT2D eigenvalue weighted by molar-refractivity contribution is -0.140. The fourth-order valence-electron chi connectivity index (χ4n) is 3.70. The molecule has 6 nitrogen and oxygen atoms in total. The van der Waals surface area contributed by atoms with E-state index in [1.807, 2.05) is 37.3 Å². The number of nitrogens with one attached hydrogen (secondary N) is 1. The molecule has 3 aromatic rings. The zero-order chi connectivity index (χ0) is 19.7. The minimum atomic E-state index is -0.693. The van der Waals surface area contributed by atoms with Crippen LogP contribution in [0.4, 0.5) is 0 Å². The summed E-state index contributed by atoms with van der Waals surface area (Å²) in [6, 6.07) is 12.2. The topological polar surface area (TPSA) is 86.3 Å². The van der Waals surface area contributed by atoms with Crippen LogP contribution in [0.1, 0.15) is 37.1 Å². The molecular formula is C22H21N3O3. The Hall–Kier alpha value is -3.41. The SMILES string of the molecule is CCCCN1C(=O)C(=O)/C(=C(\O)c2c[nH]c3ccccc23)C1c1ccccn1. The molecule has 28 heavy (non-hydrogen) atoms. The van der Waals surface area contributed by atoms with Crippen molar-refractivity contribution in [2.24, 2.45) is 0 Å². The zero-order valence-electron chi connectivity index (χ0n) is 15.6. The summed E-state index contributed by atoms with van der Waals surface area (Å²) in [5.74, 6) is -1.44. The number of hydrogen-bond donors (Lipinski definition) is 2. The van der Waals surface area contributed by atoms with Gasteiger partial charge in [0, 0.05) is 35.4 Å². The standard InChI is InChI=1S/C22H21N3O3/c1-2-3-12-25-19(17-10-6-7-11-23-17)18(21(27)22(25)28)20(26)15-13-24-16-9-5-4-8-14(15)16/h4-11,13,19,24,26H,2-3,12H2,1H3/b20-18-. The van der Waals surface area contributed by atoms with Crippen molar-refractivity contribution in [3.8, 4) is 0 Å². The molecule has 142 valence electrons. The monoisotopic (exact) mass is 375 g/mol. The predicted octanol–water partition coefficient (Wildman–Crippen LogP) is 3.78. The maximum atomic E-state index is 12.9. The summed E-state index contributed by atoms with van der Waals surface area (Å²) in [4.78, 5) is 34.6. The number of Topliss-reactive ketones (excluding diaryl/α,β-unsaturated/α-hetero) is 1. The number of aromatic amines is 1. The van der Waals surface area contributed by atoms with Gasteiger partial charge in [-0.2, -0.15) is 0 Å². The molecule has 6 heteroatoms. The highest BCUT2D eigenvalue weighted by Crippen LogP contribution is 2.39. The summed E-state index contributed by atoms with van der Waals surface area (Å²) in [5.41, 5.74) is 2.01. The second kappa shape index (κ2) is 7.31. The van der Waals surface area contributed by atoms with Crippen molar-refractivity contribution >= 4 is 28.4 Å². The van der Waals surface area contributed by atoms with Crippen molar-refractivity contribution in [2.75, 3.05) is 6.54 Å². The molecular weight excluding hydrogens is 354 g/mol. The number of pyridine rings is 1. The number of aromatic nitrogens is 2. The van der Waals surface area contributed by atoms with Crippen molar-refractivity contribution in [3.63, 3.8) is 0 Å². The van der Waals surface area contributed by atoms with Gasteiger partial charge < -0.3 is 15.0 Å². The van der Waals surface area contributed by atoms with Crippen LogP contribution in [0.3, 0.4) is 0 Å². The molecule has 0 radical (unpaired) electrons. The Balaban J connectivity index is 1.90. The third kappa shape index (κ3) is 2.87. The van der Waals surface area contributed by atoms with Gasteiger partial charge in [0.15, 0.2) is 0 Å². The fourth-order valence-corrected chi connectivity index (χ4v) is 3.70. The van der Waals surface area contributed by atoms with E-state index in [0.717, 1.165) is 23.7 Å². The molecule has 1 fully saturated rings. The minimum absolute atomic E-state index is 0.0876. The first-order chi connectivity index (χ1) is 13.6. The van der Waals surface area contributed by atoms with Gasteiger partial charge in [-0.15, -0.1) is 0 Å². The molecule has 1 atom stereocenters. The van der Waals surface area contributed by atoms with E-state index in [1.54, 1.807) is 24.5 Å². The van der Waals surface area contributed by atoms with Crippen LogP contribution in [0, 0.1) is 0 Å². The number of unbranched alkanes of at least 4 members (excludes halogenated alkanes) is 1. The van der Waals surface area contributed by atoms with Crippen LogP contribution in [0.5, 0.6) is 0 Å². The van der Waals surface area contributed by atoms with Crippen LogP contribution in [-0.4, -0.2) is 38.2 Å². The van der Waals surface area contributed by atoms with E-state index < -0.39 is 17.7 Å². The number of ketones is 1. The summed E-state index contributed by atoms with van der Waals surface area (Å²) in [6.45, 7) is 2.46. The average molecular weight is 375 g/mol. The minimum Gasteiger partial charge on any atom is -0.507 e. The first-order valence-electron chi connectivity index (χ1n) is 9.39. The van der Waals surface area contributed by atoms with Gasteiger partial charge in [0.2, 0.25) is 0 Å². The van der Waals surface area contributed by atoms with Gasteiger partial charge in [0.1, 0.15) is 11.8 Å². The number of rotatable bonds is 5. The Bertz CT molecular complexity index is 1070. The van der Waals surface area contributed by atoms with Crippen LogP contribution in [0.15, 0.2) is 60.4 Å². The second-order valence-corrected chi connectivity index (χ2v) is 6.85. The third-order valence-corrected chi connectivity index (χ3v) is 5.10. The Kier molecular flexibility index (Phi) is 4.69. The number of nitrogens with zero attached hydrogens (tertiary/aromatic N) is 2. The van der Waals surface area contributed by atoms with E-state index in [9.17, 15) is 14.7 Å². The highest BCUT2D eigenvalue weighted by Gasteiger charge is 2.46. The second-order valence-electron chi connectivity index (χ2n) is 6.85. The molecule has 0 saturated carbocycles. The van der Waals surface area contributed by atoms with Crippen molar-refractivity contribution < 1.29 is 14.7 Å². The maximum Gasteiger partial charge on any atom is 0.295 e. The number of carbonyl (C=O) groups excluding carboxylic acids is 2. The van der Waals surface area contributed by atoms with Crippen molar-refractivity contribution in [3.05, 3.63) is 71.7 Å². The molecule has 0 spiro atoms. The number of aliphatic hydroxyl groups is 1. The Morgan fingerprint density at radius 3 is 2.71 bits per heavy atom. The molecule has 2 N–H and O–H groups in total. The summed E-state index contributed by atoms with van der Waals surface area (Å²) < 4.78 is 0. The summed E-state index contributed by atoms with van der Waals surface area (Å²) in [5, 5.41) is 11.9. The van der Waals surface area contributed by atoms with Crippen molar-refractivity contribution in [2.45, 2.75) is 25.8 Å². The first-order valence-corrected chi connectivity index (χ1v) is 9.39. The van der Waals surface area contributed by atoms with Crippen LogP contribution >= 0.6 is 0 Å². The van der Waals surface area contributed by atoms with Gasteiger partial charge in [-0.25, -0.2) is 0 Å². The van der Waals surface area contributed by atoms with E-state index >= 15 is 0 Å². The number of amides is 1. The van der Waals surface area contributed by atoms with Gasteiger partial charge >= 0.3 is 0 Å². The smallest absolute Gasteiger partial charge is 0.295 e. The first kappa shape index (κ1) is 18.0. The number of fused-ring (bicyclic) bond motifs is 1. The van der Waals surface area contributed by atoms with Gasteiger partial charge in [-0.1, -0.05) is 37.6 Å². The number of likely N-dealkylation sites (tertiary alicyclic amines) is 1. The Morgan fingerprint density at radius 2 is 1.96 bits per heavy atom. The maximum absolute atomic E-state index is 12.9. The summed E-state index contributed by atoms with van der Waals surface area (Å²) >= 11 is 0. The molecule has 3 heterocycles. The average Bonchev–Trinajstić information content (AvgIpc) is 3.26. The lowest BCUT2D eigenvalue weighted by atomic mass is 9.98. The molecule has 1 aliphatic heterocycles. The predicted molar refractivity (Wildman–Crippen MR) is 106 cm³/mol. The molecule has 1 aromatic carbocycles. The number of carbonyl (C=O) groups is 2. The van der Waals surface area contributed by atoms with Crippen LogP contribution < -0.4 is 0 Å². The van der Waals surface area contributed by atoms with Gasteiger partial charge in [-0.05, 0) is 24.6 Å². The highest BCUT2D eigenvalue weighted by molar-refractivity contribution is 6.46. The van der Waals surface area contributed by atoms with E-state index in [4.69, 9.17) is 0 Å². The molecule has 1 saturated heterocycles. The molecule has 0 bridgehead atoms. The van der Waals surface area contributed by atoms with E-state index in [0.29, 0.717) is 17.8 Å². The van der Waals surface area contributed by atoms with Crippen LogP contribution in [-0.2, 0) is 9.59 Å². The molecule has 1 amide bonds. The molecule has 0 aliphatic carbocycles. The normalized spacial score (nSPS) is 18.9. The van der Waals surface area contributed by atoms with Crippen molar-refractivity contribution in [1.29, 1.82) is 0 Å². The van der Waals surface area contributed by atoms with Gasteiger partial charge in [-0.3, -0.25) is 14.6 Å². The number of benzene rings is 1. The third-order valence-electron chi connectivity index (χ3n) is 5.10. The molecule has 1 aliphatic rings. The number of para-hydroxylation sites is 1. The molecule has 2 aromatic heterocycles. The number of hydrogen-bond acceptors (Lipinski definition) is 4. The van der Waals surface area contributed by atoms with Crippen molar-refractivity contribution in [1.82, 2.24) is 14.9 Å². The summed E-state index contributed by atoms with van der Waals surface area (Å²) in [6.07, 6.45) is 4.94.